The second kappa shape index (κ2) is 6.82. The zero-order valence-corrected chi connectivity index (χ0v) is 13.1. The third-order valence-electron chi connectivity index (χ3n) is 2.80. The molecular formula is C14H15BrN2OS. The zero-order valence-electron chi connectivity index (χ0n) is 10.6. The van der Waals surface area contributed by atoms with E-state index in [2.05, 4.69) is 26.2 Å². The molecule has 1 N–H and O–H groups in total. The van der Waals surface area contributed by atoms with E-state index in [9.17, 15) is 4.79 Å². The summed E-state index contributed by atoms with van der Waals surface area (Å²) in [6.07, 6.45) is 1.28. The summed E-state index contributed by atoms with van der Waals surface area (Å²) >= 11 is 5.02. The standard InChI is InChI=1S/C14H15BrN2OS/c1-10-13(19-9-17-10)6-7-16-14(18)8-11-2-4-12(15)5-3-11/h2-5,9H,6-8H2,1H3,(H,16,18). The van der Waals surface area contributed by atoms with Crippen molar-refractivity contribution in [3.63, 3.8) is 0 Å². The summed E-state index contributed by atoms with van der Waals surface area (Å²) in [5.41, 5.74) is 3.93. The second-order valence-corrected chi connectivity index (χ2v) is 6.12. The monoisotopic (exact) mass is 338 g/mol. The molecule has 0 aliphatic heterocycles. The number of carbonyl (C=O) groups is 1. The Bertz CT molecular complexity index is 551. The molecule has 0 saturated heterocycles. The zero-order chi connectivity index (χ0) is 13.7. The van der Waals surface area contributed by atoms with E-state index in [1.54, 1.807) is 11.3 Å². The van der Waals surface area contributed by atoms with Crippen molar-refractivity contribution in [2.75, 3.05) is 6.54 Å². The number of aryl methyl sites for hydroxylation is 1. The minimum atomic E-state index is 0.0597. The highest BCUT2D eigenvalue weighted by molar-refractivity contribution is 9.10. The van der Waals surface area contributed by atoms with Crippen molar-refractivity contribution in [1.82, 2.24) is 10.3 Å². The Morgan fingerprint density at radius 1 is 1.37 bits per heavy atom. The largest absolute Gasteiger partial charge is 0.355 e. The molecule has 0 unspecified atom stereocenters. The molecule has 3 nitrogen and oxygen atoms in total. The van der Waals surface area contributed by atoms with Crippen molar-refractivity contribution < 1.29 is 4.79 Å². The number of amides is 1. The van der Waals surface area contributed by atoms with E-state index in [1.807, 2.05) is 36.7 Å². The van der Waals surface area contributed by atoms with E-state index < -0.39 is 0 Å². The van der Waals surface area contributed by atoms with Crippen molar-refractivity contribution in [2.45, 2.75) is 19.8 Å². The number of benzene rings is 1. The molecule has 1 aromatic carbocycles. The van der Waals surface area contributed by atoms with Crippen molar-refractivity contribution in [1.29, 1.82) is 0 Å². The number of carbonyl (C=O) groups excluding carboxylic acids is 1. The lowest BCUT2D eigenvalue weighted by atomic mass is 10.1. The Balaban J connectivity index is 1.76. The summed E-state index contributed by atoms with van der Waals surface area (Å²) in [4.78, 5) is 17.2. The van der Waals surface area contributed by atoms with Crippen LogP contribution in [0.5, 0.6) is 0 Å². The van der Waals surface area contributed by atoms with Crippen molar-refractivity contribution in [2.24, 2.45) is 0 Å². The fraction of sp³-hybridized carbons (Fsp3) is 0.286. The molecule has 0 aliphatic carbocycles. The van der Waals surface area contributed by atoms with Gasteiger partial charge in [0.1, 0.15) is 0 Å². The van der Waals surface area contributed by atoms with Crippen LogP contribution in [0.25, 0.3) is 0 Å². The number of hydrogen-bond acceptors (Lipinski definition) is 3. The SMILES string of the molecule is Cc1ncsc1CCNC(=O)Cc1ccc(Br)cc1. The molecule has 1 amide bonds. The Morgan fingerprint density at radius 2 is 2.11 bits per heavy atom. The van der Waals surface area contributed by atoms with Crippen molar-refractivity contribution in [3.05, 3.63) is 50.4 Å². The van der Waals surface area contributed by atoms with Gasteiger partial charge in [-0.3, -0.25) is 4.79 Å². The number of aromatic nitrogens is 1. The number of nitrogens with one attached hydrogen (secondary N) is 1. The van der Waals surface area contributed by atoms with Gasteiger partial charge in [-0.15, -0.1) is 11.3 Å². The Morgan fingerprint density at radius 3 is 2.74 bits per heavy atom. The molecule has 0 spiro atoms. The maximum Gasteiger partial charge on any atom is 0.224 e. The first-order valence-corrected chi connectivity index (χ1v) is 7.72. The third kappa shape index (κ3) is 4.44. The van der Waals surface area contributed by atoms with Crippen LogP contribution in [-0.4, -0.2) is 17.4 Å². The molecule has 0 bridgehead atoms. The van der Waals surface area contributed by atoms with Crippen LogP contribution in [0.15, 0.2) is 34.2 Å². The van der Waals surface area contributed by atoms with Crippen LogP contribution in [0.1, 0.15) is 16.1 Å². The summed E-state index contributed by atoms with van der Waals surface area (Å²) in [6.45, 7) is 2.66. The highest BCUT2D eigenvalue weighted by Crippen LogP contribution is 2.12. The number of thiazole rings is 1. The molecule has 0 aliphatic rings. The number of halogens is 1. The summed E-state index contributed by atoms with van der Waals surface area (Å²) in [5, 5.41) is 2.94. The van der Waals surface area contributed by atoms with Gasteiger partial charge < -0.3 is 5.32 Å². The van der Waals surface area contributed by atoms with E-state index in [-0.39, 0.29) is 5.91 Å². The van der Waals surface area contributed by atoms with Gasteiger partial charge in [0.05, 0.1) is 17.6 Å². The molecule has 1 heterocycles. The highest BCUT2D eigenvalue weighted by atomic mass is 79.9. The van der Waals surface area contributed by atoms with Gasteiger partial charge in [-0.25, -0.2) is 4.98 Å². The third-order valence-corrected chi connectivity index (χ3v) is 4.32. The maximum atomic E-state index is 11.8. The van der Waals surface area contributed by atoms with Gasteiger partial charge in [0.25, 0.3) is 0 Å². The van der Waals surface area contributed by atoms with Gasteiger partial charge in [0.2, 0.25) is 5.91 Å². The lowest BCUT2D eigenvalue weighted by Gasteiger charge is -2.05. The predicted molar refractivity (Wildman–Crippen MR) is 81.4 cm³/mol. The first kappa shape index (κ1) is 14.2. The van der Waals surface area contributed by atoms with E-state index in [0.29, 0.717) is 13.0 Å². The predicted octanol–water partition coefficient (Wildman–Crippen LogP) is 3.12. The molecule has 0 saturated carbocycles. The molecule has 100 valence electrons. The second-order valence-electron chi connectivity index (χ2n) is 4.26. The van der Waals surface area contributed by atoms with Crippen LogP contribution in [0.3, 0.4) is 0 Å². The Hall–Kier alpha value is -1.20. The van der Waals surface area contributed by atoms with Crippen molar-refractivity contribution >= 4 is 33.2 Å². The van der Waals surface area contributed by atoms with Crippen LogP contribution >= 0.6 is 27.3 Å². The van der Waals surface area contributed by atoms with E-state index in [0.717, 1.165) is 22.2 Å². The van der Waals surface area contributed by atoms with Crippen LogP contribution in [-0.2, 0) is 17.6 Å². The van der Waals surface area contributed by atoms with Gasteiger partial charge in [-0.2, -0.15) is 0 Å². The van der Waals surface area contributed by atoms with Crippen molar-refractivity contribution in [3.8, 4) is 0 Å². The maximum absolute atomic E-state index is 11.8. The van der Waals surface area contributed by atoms with Crippen LogP contribution in [0, 0.1) is 6.92 Å². The molecule has 1 aromatic heterocycles. The average Bonchev–Trinajstić information content (AvgIpc) is 2.78. The molecule has 0 atom stereocenters. The van der Waals surface area contributed by atoms with Gasteiger partial charge in [0.15, 0.2) is 0 Å². The Kier molecular flexibility index (Phi) is 5.10. The number of hydrogen-bond donors (Lipinski definition) is 1. The van der Waals surface area contributed by atoms with E-state index in [1.165, 1.54) is 4.88 Å². The lowest BCUT2D eigenvalue weighted by Crippen LogP contribution is -2.27. The van der Waals surface area contributed by atoms with Crippen LogP contribution < -0.4 is 5.32 Å². The summed E-state index contributed by atoms with van der Waals surface area (Å²) in [7, 11) is 0. The molecule has 19 heavy (non-hydrogen) atoms. The fourth-order valence-electron chi connectivity index (χ4n) is 1.73. The smallest absolute Gasteiger partial charge is 0.224 e. The normalized spacial score (nSPS) is 10.4. The van der Waals surface area contributed by atoms with E-state index in [4.69, 9.17) is 0 Å². The minimum absolute atomic E-state index is 0.0597. The topological polar surface area (TPSA) is 42.0 Å². The molecule has 0 radical (unpaired) electrons. The van der Waals surface area contributed by atoms with Gasteiger partial charge in [-0.05, 0) is 24.6 Å². The molecule has 0 fully saturated rings. The van der Waals surface area contributed by atoms with Crippen LogP contribution in [0.4, 0.5) is 0 Å². The number of nitrogens with zero attached hydrogens (tertiary/aromatic N) is 1. The minimum Gasteiger partial charge on any atom is -0.355 e. The fourth-order valence-corrected chi connectivity index (χ4v) is 2.78. The highest BCUT2D eigenvalue weighted by Gasteiger charge is 2.05. The average molecular weight is 339 g/mol. The first-order valence-electron chi connectivity index (χ1n) is 6.05. The summed E-state index contributed by atoms with van der Waals surface area (Å²) in [6, 6.07) is 7.81. The number of rotatable bonds is 5. The molecule has 2 rings (SSSR count). The summed E-state index contributed by atoms with van der Waals surface area (Å²) < 4.78 is 1.03. The van der Waals surface area contributed by atoms with Gasteiger partial charge >= 0.3 is 0 Å². The molecular weight excluding hydrogens is 324 g/mol. The first-order chi connectivity index (χ1) is 9.15. The van der Waals surface area contributed by atoms with Crippen LogP contribution in [0.2, 0.25) is 0 Å². The van der Waals surface area contributed by atoms with Gasteiger partial charge in [-0.1, -0.05) is 28.1 Å². The molecule has 5 heteroatoms. The van der Waals surface area contributed by atoms with E-state index >= 15 is 0 Å². The summed E-state index contributed by atoms with van der Waals surface area (Å²) in [5.74, 6) is 0.0597. The quantitative estimate of drug-likeness (QED) is 0.909. The Labute approximate surface area is 125 Å². The lowest BCUT2D eigenvalue weighted by molar-refractivity contribution is -0.120. The van der Waals surface area contributed by atoms with Gasteiger partial charge in [0, 0.05) is 22.3 Å². The molecule has 2 aromatic rings.